The minimum atomic E-state index is -0.594. The quantitative estimate of drug-likeness (QED) is 0.447. The summed E-state index contributed by atoms with van der Waals surface area (Å²) >= 11 is 0. The largest absolute Gasteiger partial charge is 0.497 e. The molecule has 1 N–H and O–H groups in total. The average molecular weight is 459 g/mol. The topological polar surface area (TPSA) is 67.9 Å². The molecular formula is C26H35FN2O4. The second-order valence-corrected chi connectivity index (χ2v) is 8.34. The molecule has 0 heterocycles. The lowest BCUT2D eigenvalue weighted by molar-refractivity contribution is -0.141. The van der Waals surface area contributed by atoms with E-state index in [9.17, 15) is 14.0 Å². The van der Waals surface area contributed by atoms with Gasteiger partial charge in [-0.2, -0.15) is 0 Å². The van der Waals surface area contributed by atoms with Crippen LogP contribution in [-0.2, 0) is 16.1 Å². The number of hydrogen-bond acceptors (Lipinski definition) is 4. The molecule has 7 heteroatoms. The lowest BCUT2D eigenvalue weighted by atomic mass is 10.1. The number of carbonyl (C=O) groups excluding carboxylic acids is 2. The Bertz CT molecular complexity index is 869. The summed E-state index contributed by atoms with van der Waals surface area (Å²) in [5.41, 5.74) is 0.773. The van der Waals surface area contributed by atoms with Gasteiger partial charge in [-0.1, -0.05) is 32.9 Å². The third kappa shape index (κ3) is 8.75. The van der Waals surface area contributed by atoms with Crippen LogP contribution in [0.25, 0.3) is 0 Å². The Hall–Kier alpha value is -3.09. The molecule has 2 aromatic carbocycles. The van der Waals surface area contributed by atoms with Gasteiger partial charge in [-0.25, -0.2) is 4.39 Å². The van der Waals surface area contributed by atoms with Crippen LogP contribution in [0, 0.1) is 11.7 Å². The average Bonchev–Trinajstić information content (AvgIpc) is 2.81. The molecule has 2 amide bonds. The van der Waals surface area contributed by atoms with Gasteiger partial charge in [0.25, 0.3) is 0 Å². The Morgan fingerprint density at radius 2 is 1.67 bits per heavy atom. The van der Waals surface area contributed by atoms with Crippen molar-refractivity contribution >= 4 is 11.8 Å². The summed E-state index contributed by atoms with van der Waals surface area (Å²) < 4.78 is 24.2. The molecule has 0 saturated heterocycles. The van der Waals surface area contributed by atoms with Crippen molar-refractivity contribution in [2.24, 2.45) is 5.92 Å². The van der Waals surface area contributed by atoms with Crippen molar-refractivity contribution < 1.29 is 23.5 Å². The molecular weight excluding hydrogens is 423 g/mol. The number of carbonyl (C=O) groups is 2. The summed E-state index contributed by atoms with van der Waals surface area (Å²) in [5, 5.41) is 2.93. The predicted molar refractivity (Wildman–Crippen MR) is 127 cm³/mol. The fraction of sp³-hybridized carbons (Fsp3) is 0.462. The van der Waals surface area contributed by atoms with Gasteiger partial charge in [0.05, 0.1) is 13.7 Å². The van der Waals surface area contributed by atoms with Gasteiger partial charge < -0.3 is 19.7 Å². The lowest BCUT2D eigenvalue weighted by Crippen LogP contribution is -2.49. The Balaban J connectivity index is 2.02. The Morgan fingerprint density at radius 3 is 2.24 bits per heavy atom. The summed E-state index contributed by atoms with van der Waals surface area (Å²) in [7, 11) is 1.60. The third-order valence-electron chi connectivity index (χ3n) is 5.20. The second-order valence-electron chi connectivity index (χ2n) is 8.34. The van der Waals surface area contributed by atoms with E-state index in [0.717, 1.165) is 11.3 Å². The molecule has 0 saturated carbocycles. The molecule has 0 aliphatic carbocycles. The molecule has 0 fully saturated rings. The molecule has 0 radical (unpaired) electrons. The number of amides is 2. The van der Waals surface area contributed by atoms with Crippen molar-refractivity contribution in [1.29, 1.82) is 0 Å². The maximum atomic E-state index is 13.3. The molecule has 2 aromatic rings. The monoisotopic (exact) mass is 458 g/mol. The van der Waals surface area contributed by atoms with Crippen LogP contribution in [0.1, 0.15) is 45.6 Å². The Morgan fingerprint density at radius 1 is 1.03 bits per heavy atom. The predicted octanol–water partition coefficient (Wildman–Crippen LogP) is 4.57. The van der Waals surface area contributed by atoms with Crippen LogP contribution in [0.15, 0.2) is 48.5 Å². The van der Waals surface area contributed by atoms with Crippen LogP contribution in [-0.4, -0.2) is 43.0 Å². The normalized spacial score (nSPS) is 11.7. The standard InChI is InChI=1S/C26H35FN2O4/c1-5-24(26(31)28-17-19(2)3)29(18-20-8-10-21(27)11-9-20)25(30)7-6-16-33-23-14-12-22(32-4)13-15-23/h8-15,19,24H,5-7,16-18H2,1-4H3,(H,28,31)/t24-/m1/s1. The van der Waals surface area contributed by atoms with Crippen LogP contribution >= 0.6 is 0 Å². The number of rotatable bonds is 13. The van der Waals surface area contributed by atoms with E-state index in [0.29, 0.717) is 37.7 Å². The van der Waals surface area contributed by atoms with E-state index in [-0.39, 0.29) is 30.6 Å². The maximum Gasteiger partial charge on any atom is 0.242 e. The highest BCUT2D eigenvalue weighted by Gasteiger charge is 2.28. The summed E-state index contributed by atoms with van der Waals surface area (Å²) in [4.78, 5) is 27.6. The van der Waals surface area contributed by atoms with Crippen LogP contribution in [0.2, 0.25) is 0 Å². The molecule has 0 spiro atoms. The van der Waals surface area contributed by atoms with Gasteiger partial charge >= 0.3 is 0 Å². The number of halogens is 1. The minimum Gasteiger partial charge on any atom is -0.497 e. The second kappa shape index (κ2) is 13.5. The molecule has 0 unspecified atom stereocenters. The zero-order valence-electron chi connectivity index (χ0n) is 20.0. The number of nitrogens with zero attached hydrogens (tertiary/aromatic N) is 1. The number of benzene rings is 2. The fourth-order valence-electron chi connectivity index (χ4n) is 3.36. The first-order valence-electron chi connectivity index (χ1n) is 11.4. The molecule has 180 valence electrons. The molecule has 1 atom stereocenters. The molecule has 0 aliphatic rings. The fourth-order valence-corrected chi connectivity index (χ4v) is 3.36. The summed E-state index contributed by atoms with van der Waals surface area (Å²) in [6.45, 7) is 7.09. The van der Waals surface area contributed by atoms with Crippen molar-refractivity contribution in [2.75, 3.05) is 20.3 Å². The van der Waals surface area contributed by atoms with Gasteiger partial charge in [0.15, 0.2) is 0 Å². The third-order valence-corrected chi connectivity index (χ3v) is 5.20. The van der Waals surface area contributed by atoms with E-state index in [4.69, 9.17) is 9.47 Å². The van der Waals surface area contributed by atoms with Gasteiger partial charge in [0.1, 0.15) is 23.4 Å². The van der Waals surface area contributed by atoms with Crippen LogP contribution in [0.5, 0.6) is 11.5 Å². The molecule has 2 rings (SSSR count). The van der Waals surface area contributed by atoms with Crippen molar-refractivity contribution in [1.82, 2.24) is 10.2 Å². The van der Waals surface area contributed by atoms with Crippen LogP contribution < -0.4 is 14.8 Å². The smallest absolute Gasteiger partial charge is 0.242 e. The molecule has 0 aromatic heterocycles. The van der Waals surface area contributed by atoms with E-state index in [1.807, 2.05) is 45.0 Å². The number of methoxy groups -OCH3 is 1. The van der Waals surface area contributed by atoms with E-state index in [1.165, 1.54) is 12.1 Å². The first-order chi connectivity index (χ1) is 15.8. The summed E-state index contributed by atoms with van der Waals surface area (Å²) in [6.07, 6.45) is 1.24. The highest BCUT2D eigenvalue weighted by molar-refractivity contribution is 5.87. The van der Waals surface area contributed by atoms with Gasteiger partial charge in [0, 0.05) is 19.5 Å². The number of ether oxygens (including phenoxy) is 2. The Kier molecular flexibility index (Phi) is 10.7. The van der Waals surface area contributed by atoms with Gasteiger partial charge in [-0.3, -0.25) is 9.59 Å². The van der Waals surface area contributed by atoms with Crippen molar-refractivity contribution in [3.05, 3.63) is 59.9 Å². The lowest BCUT2D eigenvalue weighted by Gasteiger charge is -2.31. The van der Waals surface area contributed by atoms with E-state index >= 15 is 0 Å². The van der Waals surface area contributed by atoms with Gasteiger partial charge in [0.2, 0.25) is 11.8 Å². The SMILES string of the molecule is CC[C@H](C(=O)NCC(C)C)N(Cc1ccc(F)cc1)C(=O)CCCOc1ccc(OC)cc1. The highest BCUT2D eigenvalue weighted by Crippen LogP contribution is 2.18. The summed E-state index contributed by atoms with van der Waals surface area (Å²) in [6, 6.07) is 12.7. The van der Waals surface area contributed by atoms with Crippen molar-refractivity contribution in [3.8, 4) is 11.5 Å². The molecule has 0 bridgehead atoms. The highest BCUT2D eigenvalue weighted by atomic mass is 19.1. The first kappa shape index (κ1) is 26.2. The van der Waals surface area contributed by atoms with Crippen molar-refractivity contribution in [2.45, 2.75) is 52.6 Å². The first-order valence-corrected chi connectivity index (χ1v) is 11.4. The molecule has 6 nitrogen and oxygen atoms in total. The molecule has 0 aliphatic heterocycles. The van der Waals surface area contributed by atoms with Crippen molar-refractivity contribution in [3.63, 3.8) is 0 Å². The van der Waals surface area contributed by atoms with E-state index < -0.39 is 6.04 Å². The maximum absolute atomic E-state index is 13.3. The van der Waals surface area contributed by atoms with Crippen LogP contribution in [0.4, 0.5) is 4.39 Å². The van der Waals surface area contributed by atoms with E-state index in [1.54, 1.807) is 24.1 Å². The van der Waals surface area contributed by atoms with Gasteiger partial charge in [-0.05, 0) is 60.7 Å². The number of nitrogens with one attached hydrogen (secondary N) is 1. The Labute approximate surface area is 196 Å². The minimum absolute atomic E-state index is 0.135. The zero-order chi connectivity index (χ0) is 24.2. The van der Waals surface area contributed by atoms with Gasteiger partial charge in [-0.15, -0.1) is 0 Å². The van der Waals surface area contributed by atoms with Crippen LogP contribution in [0.3, 0.4) is 0 Å². The zero-order valence-corrected chi connectivity index (χ0v) is 20.0. The summed E-state index contributed by atoms with van der Waals surface area (Å²) in [5.74, 6) is 1.11. The molecule has 33 heavy (non-hydrogen) atoms. The number of hydrogen-bond donors (Lipinski definition) is 1. The van der Waals surface area contributed by atoms with E-state index in [2.05, 4.69) is 5.32 Å².